The maximum absolute atomic E-state index is 3.44. The molecule has 0 saturated heterocycles. The van der Waals surface area contributed by atoms with Crippen LogP contribution in [0.2, 0.25) is 0 Å². The largest absolute Gasteiger partial charge is 0.314 e. The Labute approximate surface area is 109 Å². The van der Waals surface area contributed by atoms with Gasteiger partial charge in [0.2, 0.25) is 0 Å². The summed E-state index contributed by atoms with van der Waals surface area (Å²) in [7, 11) is 0. The van der Waals surface area contributed by atoms with E-state index in [2.05, 4.69) is 55.7 Å². The minimum absolute atomic E-state index is 0. The van der Waals surface area contributed by atoms with Gasteiger partial charge in [-0.05, 0) is 37.1 Å². The van der Waals surface area contributed by atoms with Crippen LogP contribution in [0.25, 0.3) is 0 Å². The molecule has 2 heteroatoms. The third-order valence-electron chi connectivity index (χ3n) is 2.75. The summed E-state index contributed by atoms with van der Waals surface area (Å²) < 4.78 is 0. The molecular weight excluding hydrogens is 208 g/mol. The summed E-state index contributed by atoms with van der Waals surface area (Å²) in [5.74, 6) is 0. The van der Waals surface area contributed by atoms with E-state index < -0.39 is 0 Å². The van der Waals surface area contributed by atoms with Gasteiger partial charge in [-0.2, -0.15) is 0 Å². The summed E-state index contributed by atoms with van der Waals surface area (Å²) >= 11 is 0. The molecule has 1 rings (SSSR count). The maximum Gasteiger partial charge on any atom is 0.0205 e. The molecule has 1 aromatic rings. The molecule has 0 radical (unpaired) electrons. The SMILES string of the molecule is CCCNCc1ccc(CCNC(C)C)cc1.[HH].[HH]. The third-order valence-corrected chi connectivity index (χ3v) is 2.75. The average molecular weight is 238 g/mol. The van der Waals surface area contributed by atoms with Crippen molar-refractivity contribution in [1.82, 2.24) is 10.6 Å². The molecule has 0 bridgehead atoms. The predicted molar refractivity (Wildman–Crippen MR) is 79.5 cm³/mol. The molecule has 0 aliphatic heterocycles. The van der Waals surface area contributed by atoms with Gasteiger partial charge >= 0.3 is 0 Å². The Kier molecular flexibility index (Phi) is 6.90. The summed E-state index contributed by atoms with van der Waals surface area (Å²) in [4.78, 5) is 0. The standard InChI is InChI=1S/C15H26N2.2H2/c1-4-10-16-12-15-7-5-14(6-8-15)9-11-17-13(2)3;;/h5-8,13,16-17H,4,9-12H2,1-3H3;2*1H. The van der Waals surface area contributed by atoms with Crippen LogP contribution >= 0.6 is 0 Å². The van der Waals surface area contributed by atoms with Crippen molar-refractivity contribution in [3.63, 3.8) is 0 Å². The number of hydrogen-bond acceptors (Lipinski definition) is 2. The third kappa shape index (κ3) is 6.44. The Bertz CT molecular complexity index is 300. The molecule has 0 fully saturated rings. The molecule has 0 heterocycles. The quantitative estimate of drug-likeness (QED) is 0.680. The summed E-state index contributed by atoms with van der Waals surface area (Å²) in [6.45, 7) is 9.70. The lowest BCUT2D eigenvalue weighted by Crippen LogP contribution is -2.24. The highest BCUT2D eigenvalue weighted by Gasteiger charge is 1.96. The second-order valence-corrected chi connectivity index (χ2v) is 4.85. The van der Waals surface area contributed by atoms with E-state index in [-0.39, 0.29) is 2.85 Å². The van der Waals surface area contributed by atoms with Gasteiger partial charge in [0.05, 0.1) is 0 Å². The van der Waals surface area contributed by atoms with Crippen LogP contribution in [0.4, 0.5) is 0 Å². The Hall–Kier alpha value is -0.860. The molecule has 2 nitrogen and oxygen atoms in total. The zero-order valence-electron chi connectivity index (χ0n) is 11.4. The highest BCUT2D eigenvalue weighted by Crippen LogP contribution is 2.04. The molecule has 17 heavy (non-hydrogen) atoms. The topological polar surface area (TPSA) is 24.1 Å². The summed E-state index contributed by atoms with van der Waals surface area (Å²) in [5, 5.41) is 6.85. The van der Waals surface area contributed by atoms with Crippen LogP contribution in [0.3, 0.4) is 0 Å². The fourth-order valence-corrected chi connectivity index (χ4v) is 1.74. The molecule has 2 N–H and O–H groups in total. The Morgan fingerprint density at radius 2 is 1.71 bits per heavy atom. The van der Waals surface area contributed by atoms with Crippen molar-refractivity contribution >= 4 is 0 Å². The second-order valence-electron chi connectivity index (χ2n) is 4.85. The molecule has 0 aliphatic rings. The molecule has 1 aromatic carbocycles. The van der Waals surface area contributed by atoms with Crippen LogP contribution in [0.1, 0.15) is 41.2 Å². The van der Waals surface area contributed by atoms with Crippen molar-refractivity contribution in [2.45, 2.75) is 46.2 Å². The second kappa shape index (κ2) is 8.26. The van der Waals surface area contributed by atoms with Crippen LogP contribution in [-0.2, 0) is 13.0 Å². The van der Waals surface area contributed by atoms with Gasteiger partial charge in [0, 0.05) is 15.4 Å². The number of rotatable bonds is 8. The Morgan fingerprint density at radius 1 is 1.06 bits per heavy atom. The van der Waals surface area contributed by atoms with Crippen molar-refractivity contribution in [2.75, 3.05) is 13.1 Å². The van der Waals surface area contributed by atoms with Gasteiger partial charge in [0.15, 0.2) is 0 Å². The van der Waals surface area contributed by atoms with E-state index in [1.165, 1.54) is 17.5 Å². The normalized spacial score (nSPS) is 11.1. The molecule has 0 aromatic heterocycles. The predicted octanol–water partition coefficient (Wildman–Crippen LogP) is 3.22. The number of nitrogens with one attached hydrogen (secondary N) is 2. The molecule has 0 aliphatic carbocycles. The minimum atomic E-state index is 0. The van der Waals surface area contributed by atoms with Gasteiger partial charge in [0.1, 0.15) is 0 Å². The first kappa shape index (κ1) is 14.2. The van der Waals surface area contributed by atoms with Gasteiger partial charge < -0.3 is 10.6 Å². The molecule has 0 unspecified atom stereocenters. The molecule has 0 atom stereocenters. The summed E-state index contributed by atoms with van der Waals surface area (Å²) in [6.07, 6.45) is 2.31. The lowest BCUT2D eigenvalue weighted by atomic mass is 10.1. The van der Waals surface area contributed by atoms with E-state index in [1.54, 1.807) is 0 Å². The zero-order chi connectivity index (χ0) is 12.5. The Balaban J connectivity index is 0. The van der Waals surface area contributed by atoms with Gasteiger partial charge in [-0.15, -0.1) is 0 Å². The zero-order valence-corrected chi connectivity index (χ0v) is 11.4. The first-order valence-corrected chi connectivity index (χ1v) is 6.74. The maximum atomic E-state index is 3.44. The van der Waals surface area contributed by atoms with E-state index in [9.17, 15) is 0 Å². The van der Waals surface area contributed by atoms with Crippen molar-refractivity contribution in [3.8, 4) is 0 Å². The lowest BCUT2D eigenvalue weighted by molar-refractivity contribution is 0.590. The van der Waals surface area contributed by atoms with E-state index in [4.69, 9.17) is 0 Å². The van der Waals surface area contributed by atoms with Crippen LogP contribution in [0.15, 0.2) is 24.3 Å². The minimum Gasteiger partial charge on any atom is -0.314 e. The van der Waals surface area contributed by atoms with Gasteiger partial charge in [-0.25, -0.2) is 0 Å². The van der Waals surface area contributed by atoms with Crippen LogP contribution < -0.4 is 10.6 Å². The average Bonchev–Trinajstić information content (AvgIpc) is 2.31. The van der Waals surface area contributed by atoms with Gasteiger partial charge in [0.25, 0.3) is 0 Å². The smallest absolute Gasteiger partial charge is 0.0205 e. The highest BCUT2D eigenvalue weighted by atomic mass is 14.9. The number of benzene rings is 1. The molecule has 0 saturated carbocycles. The monoisotopic (exact) mass is 238 g/mol. The highest BCUT2D eigenvalue weighted by molar-refractivity contribution is 5.22. The van der Waals surface area contributed by atoms with Crippen molar-refractivity contribution in [1.29, 1.82) is 0 Å². The van der Waals surface area contributed by atoms with Crippen molar-refractivity contribution in [2.24, 2.45) is 0 Å². The van der Waals surface area contributed by atoms with Gasteiger partial charge in [-0.3, -0.25) is 0 Å². The molecule has 100 valence electrons. The molecule has 0 spiro atoms. The first-order chi connectivity index (χ1) is 8.22. The molecule has 0 amide bonds. The fraction of sp³-hybridized carbons (Fsp3) is 0.600. The van der Waals surface area contributed by atoms with Crippen LogP contribution in [0.5, 0.6) is 0 Å². The van der Waals surface area contributed by atoms with Crippen molar-refractivity contribution < 1.29 is 2.85 Å². The molecular formula is C15H30N2. The van der Waals surface area contributed by atoms with Crippen LogP contribution in [-0.4, -0.2) is 19.1 Å². The van der Waals surface area contributed by atoms with E-state index in [0.717, 1.165) is 26.1 Å². The lowest BCUT2D eigenvalue weighted by Gasteiger charge is -2.08. The number of hydrogen-bond donors (Lipinski definition) is 2. The summed E-state index contributed by atoms with van der Waals surface area (Å²) in [6, 6.07) is 9.52. The van der Waals surface area contributed by atoms with Crippen molar-refractivity contribution in [3.05, 3.63) is 35.4 Å². The Morgan fingerprint density at radius 3 is 2.29 bits per heavy atom. The summed E-state index contributed by atoms with van der Waals surface area (Å²) in [5.41, 5.74) is 2.79. The van der Waals surface area contributed by atoms with E-state index in [1.807, 2.05) is 0 Å². The first-order valence-electron chi connectivity index (χ1n) is 6.74. The van der Waals surface area contributed by atoms with E-state index in [0.29, 0.717) is 6.04 Å². The van der Waals surface area contributed by atoms with E-state index >= 15 is 0 Å². The van der Waals surface area contributed by atoms with Crippen LogP contribution in [0, 0.1) is 0 Å². The fourth-order valence-electron chi connectivity index (χ4n) is 1.74. The van der Waals surface area contributed by atoms with Gasteiger partial charge in [-0.1, -0.05) is 45.0 Å².